The number of aryl methyl sites for hydroxylation is 3. The Morgan fingerprint density at radius 1 is 1.12 bits per heavy atom. The van der Waals surface area contributed by atoms with Crippen molar-refractivity contribution in [3.8, 4) is 0 Å². The molecule has 2 aromatic rings. The number of hydrogen-bond acceptors (Lipinski definition) is 4. The zero-order valence-corrected chi connectivity index (χ0v) is 10.3. The van der Waals surface area contributed by atoms with Crippen molar-refractivity contribution in [3.63, 3.8) is 0 Å². The Morgan fingerprint density at radius 2 is 1.88 bits per heavy atom. The molecule has 2 rings (SSSR count). The van der Waals surface area contributed by atoms with Crippen molar-refractivity contribution in [2.45, 2.75) is 20.8 Å². The fraction of sp³-hybridized carbons (Fsp3) is 0.231. The van der Waals surface area contributed by atoms with Crippen molar-refractivity contribution in [2.24, 2.45) is 0 Å². The van der Waals surface area contributed by atoms with E-state index in [1.807, 2.05) is 13.0 Å². The lowest BCUT2D eigenvalue weighted by Crippen LogP contribution is -2.02. The highest BCUT2D eigenvalue weighted by molar-refractivity contribution is 5.63. The molecule has 0 unspecified atom stereocenters. The van der Waals surface area contributed by atoms with Crippen LogP contribution < -0.4 is 11.1 Å². The monoisotopic (exact) mass is 228 g/mol. The number of nitrogens with two attached hydrogens (primary N) is 1. The summed E-state index contributed by atoms with van der Waals surface area (Å²) in [6.45, 7) is 6.09. The second kappa shape index (κ2) is 4.41. The summed E-state index contributed by atoms with van der Waals surface area (Å²) in [6.07, 6.45) is 1.72. The molecule has 17 heavy (non-hydrogen) atoms. The highest BCUT2D eigenvalue weighted by Gasteiger charge is 2.04. The zero-order valence-electron chi connectivity index (χ0n) is 10.3. The van der Waals surface area contributed by atoms with E-state index >= 15 is 0 Å². The van der Waals surface area contributed by atoms with Crippen LogP contribution >= 0.6 is 0 Å². The van der Waals surface area contributed by atoms with Gasteiger partial charge in [0.05, 0.1) is 0 Å². The molecule has 4 nitrogen and oxygen atoms in total. The van der Waals surface area contributed by atoms with Crippen molar-refractivity contribution in [2.75, 3.05) is 11.1 Å². The lowest BCUT2D eigenvalue weighted by atomic mass is 10.1. The number of hydrogen-bond donors (Lipinski definition) is 2. The predicted octanol–water partition coefficient (Wildman–Crippen LogP) is 2.73. The molecule has 1 aromatic carbocycles. The molecule has 0 atom stereocenters. The Hall–Kier alpha value is -2.10. The maximum Gasteiger partial charge on any atom is 0.221 e. The molecule has 88 valence electrons. The highest BCUT2D eigenvalue weighted by Crippen LogP contribution is 2.22. The summed E-state index contributed by atoms with van der Waals surface area (Å²) in [7, 11) is 0. The summed E-state index contributed by atoms with van der Waals surface area (Å²) in [5, 5.41) is 3.28. The van der Waals surface area contributed by atoms with E-state index in [9.17, 15) is 0 Å². The molecular weight excluding hydrogens is 212 g/mol. The molecule has 0 aliphatic rings. The third-order valence-electron chi connectivity index (χ3n) is 2.63. The molecule has 0 bridgehead atoms. The van der Waals surface area contributed by atoms with Gasteiger partial charge < -0.3 is 11.1 Å². The van der Waals surface area contributed by atoms with Crippen molar-refractivity contribution in [1.29, 1.82) is 0 Å². The van der Waals surface area contributed by atoms with Crippen molar-refractivity contribution < 1.29 is 0 Å². The van der Waals surface area contributed by atoms with Gasteiger partial charge in [-0.05, 0) is 32.4 Å². The molecule has 0 spiro atoms. The first kappa shape index (κ1) is 11.4. The van der Waals surface area contributed by atoms with Gasteiger partial charge in [-0.25, -0.2) is 4.98 Å². The highest BCUT2D eigenvalue weighted by atomic mass is 15.1. The van der Waals surface area contributed by atoms with Crippen molar-refractivity contribution >= 4 is 17.5 Å². The van der Waals surface area contributed by atoms with Crippen LogP contribution in [-0.4, -0.2) is 9.97 Å². The van der Waals surface area contributed by atoms with Crippen molar-refractivity contribution in [3.05, 3.63) is 41.1 Å². The minimum Gasteiger partial charge on any atom is -0.368 e. The van der Waals surface area contributed by atoms with Crippen LogP contribution in [-0.2, 0) is 0 Å². The topological polar surface area (TPSA) is 63.8 Å². The van der Waals surface area contributed by atoms with E-state index in [1.165, 1.54) is 11.1 Å². The molecule has 3 N–H and O–H groups in total. The van der Waals surface area contributed by atoms with Crippen LogP contribution in [0.25, 0.3) is 0 Å². The third-order valence-corrected chi connectivity index (χ3v) is 2.63. The lowest BCUT2D eigenvalue weighted by Gasteiger charge is -2.11. The molecule has 0 fully saturated rings. The third kappa shape index (κ3) is 2.53. The maximum absolute atomic E-state index is 5.58. The summed E-state index contributed by atoms with van der Waals surface area (Å²) < 4.78 is 0. The van der Waals surface area contributed by atoms with Crippen LogP contribution in [0.15, 0.2) is 24.4 Å². The number of nitrogens with one attached hydrogen (secondary N) is 1. The fourth-order valence-electron chi connectivity index (χ4n) is 1.66. The average Bonchev–Trinajstić information content (AvgIpc) is 2.27. The first-order valence-electron chi connectivity index (χ1n) is 5.49. The Bertz CT molecular complexity index is 549. The van der Waals surface area contributed by atoms with E-state index in [0.717, 1.165) is 17.1 Å². The fourth-order valence-corrected chi connectivity index (χ4v) is 1.66. The van der Waals surface area contributed by atoms with Gasteiger partial charge >= 0.3 is 0 Å². The van der Waals surface area contributed by atoms with E-state index in [1.54, 1.807) is 6.20 Å². The Balaban J connectivity index is 2.34. The van der Waals surface area contributed by atoms with Gasteiger partial charge in [-0.15, -0.1) is 0 Å². The van der Waals surface area contributed by atoms with E-state index in [4.69, 9.17) is 5.73 Å². The first-order chi connectivity index (χ1) is 8.06. The van der Waals surface area contributed by atoms with Gasteiger partial charge in [0, 0.05) is 17.4 Å². The number of rotatable bonds is 2. The van der Waals surface area contributed by atoms with Crippen LogP contribution in [0.4, 0.5) is 17.5 Å². The Labute approximate surface area is 101 Å². The summed E-state index contributed by atoms with van der Waals surface area (Å²) in [5.74, 6) is 1.03. The number of nitrogens with zero attached hydrogens (tertiary/aromatic N) is 2. The summed E-state index contributed by atoms with van der Waals surface area (Å²) in [4.78, 5) is 8.13. The van der Waals surface area contributed by atoms with Crippen LogP contribution in [0.3, 0.4) is 0 Å². The Kier molecular flexibility index (Phi) is 2.95. The zero-order chi connectivity index (χ0) is 12.4. The average molecular weight is 228 g/mol. The second-order valence-electron chi connectivity index (χ2n) is 4.20. The molecular formula is C13H16N4. The van der Waals surface area contributed by atoms with Gasteiger partial charge in [0.25, 0.3) is 0 Å². The minimum atomic E-state index is 0.280. The van der Waals surface area contributed by atoms with Gasteiger partial charge in [-0.1, -0.05) is 17.7 Å². The SMILES string of the molecule is Cc1ccc(Nc2nc(N)ncc2C)c(C)c1. The molecule has 0 aliphatic heterocycles. The van der Waals surface area contributed by atoms with Gasteiger partial charge in [-0.2, -0.15) is 4.98 Å². The summed E-state index contributed by atoms with van der Waals surface area (Å²) in [5.41, 5.74) is 10.0. The number of nitrogen functional groups attached to an aromatic ring is 1. The van der Waals surface area contributed by atoms with E-state index in [-0.39, 0.29) is 5.95 Å². The second-order valence-corrected chi connectivity index (χ2v) is 4.20. The smallest absolute Gasteiger partial charge is 0.221 e. The maximum atomic E-state index is 5.58. The van der Waals surface area contributed by atoms with Gasteiger partial charge in [0.2, 0.25) is 5.95 Å². The molecule has 0 aliphatic carbocycles. The molecule has 0 saturated heterocycles. The largest absolute Gasteiger partial charge is 0.368 e. The normalized spacial score (nSPS) is 10.3. The molecule has 4 heteroatoms. The number of benzene rings is 1. The van der Waals surface area contributed by atoms with E-state index in [2.05, 4.69) is 41.3 Å². The quantitative estimate of drug-likeness (QED) is 0.829. The lowest BCUT2D eigenvalue weighted by molar-refractivity contribution is 1.14. The first-order valence-corrected chi connectivity index (χ1v) is 5.49. The van der Waals surface area contributed by atoms with Crippen LogP contribution in [0.2, 0.25) is 0 Å². The van der Waals surface area contributed by atoms with E-state index < -0.39 is 0 Å². The van der Waals surface area contributed by atoms with Crippen molar-refractivity contribution in [1.82, 2.24) is 9.97 Å². The van der Waals surface area contributed by atoms with E-state index in [0.29, 0.717) is 0 Å². The predicted molar refractivity (Wildman–Crippen MR) is 70.4 cm³/mol. The van der Waals surface area contributed by atoms with Gasteiger partial charge in [0.1, 0.15) is 5.82 Å². The molecule has 0 saturated carbocycles. The standard InChI is InChI=1S/C13H16N4/c1-8-4-5-11(9(2)6-8)16-12-10(3)7-15-13(14)17-12/h4-7H,1-3H3,(H3,14,15,16,17). The number of anilines is 3. The Morgan fingerprint density at radius 3 is 2.59 bits per heavy atom. The summed E-state index contributed by atoms with van der Waals surface area (Å²) >= 11 is 0. The van der Waals surface area contributed by atoms with Crippen LogP contribution in [0.1, 0.15) is 16.7 Å². The number of aromatic nitrogens is 2. The minimum absolute atomic E-state index is 0.280. The molecule has 0 radical (unpaired) electrons. The summed E-state index contributed by atoms with van der Waals surface area (Å²) in [6, 6.07) is 6.24. The van der Waals surface area contributed by atoms with Gasteiger partial charge in [0.15, 0.2) is 0 Å². The van der Waals surface area contributed by atoms with Crippen LogP contribution in [0.5, 0.6) is 0 Å². The molecule has 0 amide bonds. The van der Waals surface area contributed by atoms with Crippen LogP contribution in [0, 0.1) is 20.8 Å². The van der Waals surface area contributed by atoms with Gasteiger partial charge in [-0.3, -0.25) is 0 Å². The molecule has 1 heterocycles. The molecule has 1 aromatic heterocycles.